The number of nitrogens with zero attached hydrogens (tertiary/aromatic N) is 2. The van der Waals surface area contributed by atoms with E-state index in [-0.39, 0.29) is 5.91 Å². The van der Waals surface area contributed by atoms with Crippen LogP contribution in [0.1, 0.15) is 29.8 Å². The van der Waals surface area contributed by atoms with Crippen molar-refractivity contribution in [2.24, 2.45) is 0 Å². The molecule has 0 unspecified atom stereocenters. The van der Waals surface area contributed by atoms with Gasteiger partial charge in [-0.15, -0.1) is 11.3 Å². The molecule has 0 radical (unpaired) electrons. The Labute approximate surface area is 145 Å². The Morgan fingerprint density at radius 3 is 3.08 bits per heavy atom. The molecule has 1 fully saturated rings. The lowest BCUT2D eigenvalue weighted by atomic mass is 10.1. The minimum atomic E-state index is -0.174. The number of unbranched alkanes of at least 4 members (excludes halogenated alkanes) is 2. The van der Waals surface area contributed by atoms with Crippen LogP contribution in [0.3, 0.4) is 0 Å². The van der Waals surface area contributed by atoms with Crippen LogP contribution >= 0.6 is 11.3 Å². The van der Waals surface area contributed by atoms with E-state index in [0.29, 0.717) is 24.1 Å². The maximum absolute atomic E-state index is 12.0. The van der Waals surface area contributed by atoms with Gasteiger partial charge in [-0.3, -0.25) is 9.69 Å². The van der Waals surface area contributed by atoms with Crippen molar-refractivity contribution < 1.29 is 14.1 Å². The first-order chi connectivity index (χ1) is 11.8. The molecule has 1 aliphatic rings. The van der Waals surface area contributed by atoms with Gasteiger partial charge in [0.15, 0.2) is 11.5 Å². The van der Waals surface area contributed by atoms with Crippen molar-refractivity contribution in [1.29, 1.82) is 0 Å². The molecule has 0 saturated carbocycles. The molecule has 0 aliphatic carbocycles. The number of ether oxygens (including phenoxy) is 1. The van der Waals surface area contributed by atoms with Crippen LogP contribution in [0.25, 0.3) is 10.6 Å². The molecule has 24 heavy (non-hydrogen) atoms. The SMILES string of the molecule is COC1CN(CCCCCNC(=O)c2cc(-c3cccs3)on2)C1. The fourth-order valence-corrected chi connectivity index (χ4v) is 3.37. The minimum Gasteiger partial charge on any atom is -0.379 e. The predicted octanol–water partition coefficient (Wildman–Crippen LogP) is 2.63. The summed E-state index contributed by atoms with van der Waals surface area (Å²) < 4.78 is 10.5. The second-order valence-electron chi connectivity index (χ2n) is 5.99. The van der Waals surface area contributed by atoms with Crippen LogP contribution in [0.2, 0.25) is 0 Å². The number of methoxy groups -OCH3 is 1. The molecular formula is C17H23N3O3S. The highest BCUT2D eigenvalue weighted by Crippen LogP contribution is 2.25. The van der Waals surface area contributed by atoms with Crippen molar-refractivity contribution in [1.82, 2.24) is 15.4 Å². The molecule has 6 nitrogen and oxygen atoms in total. The van der Waals surface area contributed by atoms with Gasteiger partial charge >= 0.3 is 0 Å². The lowest BCUT2D eigenvalue weighted by Crippen LogP contribution is -2.51. The third kappa shape index (κ3) is 4.43. The van der Waals surface area contributed by atoms with Gasteiger partial charge in [-0.2, -0.15) is 0 Å². The zero-order valence-electron chi connectivity index (χ0n) is 13.9. The predicted molar refractivity (Wildman–Crippen MR) is 93.2 cm³/mol. The maximum Gasteiger partial charge on any atom is 0.273 e. The van der Waals surface area contributed by atoms with E-state index in [1.54, 1.807) is 24.5 Å². The number of rotatable bonds is 9. The summed E-state index contributed by atoms with van der Waals surface area (Å²) in [6, 6.07) is 5.58. The Kier molecular flexibility index (Phi) is 6.01. The topological polar surface area (TPSA) is 67.6 Å². The van der Waals surface area contributed by atoms with Gasteiger partial charge in [0.2, 0.25) is 0 Å². The monoisotopic (exact) mass is 349 g/mol. The van der Waals surface area contributed by atoms with Gasteiger partial charge in [0.05, 0.1) is 11.0 Å². The van der Waals surface area contributed by atoms with Gasteiger partial charge in [0, 0.05) is 32.8 Å². The molecule has 130 valence electrons. The smallest absolute Gasteiger partial charge is 0.273 e. The summed E-state index contributed by atoms with van der Waals surface area (Å²) in [7, 11) is 1.77. The van der Waals surface area contributed by atoms with E-state index in [4.69, 9.17) is 9.26 Å². The number of hydrogen-bond acceptors (Lipinski definition) is 6. The first-order valence-electron chi connectivity index (χ1n) is 8.30. The van der Waals surface area contributed by atoms with E-state index in [2.05, 4.69) is 15.4 Å². The average Bonchev–Trinajstić information content (AvgIpc) is 3.22. The van der Waals surface area contributed by atoms with Gasteiger partial charge in [-0.1, -0.05) is 17.6 Å². The molecule has 7 heteroatoms. The molecule has 1 saturated heterocycles. The standard InChI is InChI=1S/C17H23N3O3S/c1-22-13-11-20(12-13)8-4-2-3-7-18-17(21)14-10-15(23-19-14)16-6-5-9-24-16/h5-6,9-10,13H,2-4,7-8,11-12H2,1H3,(H,18,21). The summed E-state index contributed by atoms with van der Waals surface area (Å²) in [5.41, 5.74) is 0.338. The van der Waals surface area contributed by atoms with E-state index < -0.39 is 0 Å². The zero-order valence-corrected chi connectivity index (χ0v) is 14.7. The molecule has 1 aliphatic heterocycles. The molecule has 0 atom stereocenters. The average molecular weight is 349 g/mol. The first kappa shape index (κ1) is 17.1. The Bertz CT molecular complexity index is 635. The summed E-state index contributed by atoms with van der Waals surface area (Å²) in [6.45, 7) is 3.87. The highest BCUT2D eigenvalue weighted by molar-refractivity contribution is 7.13. The molecule has 1 N–H and O–H groups in total. The van der Waals surface area contributed by atoms with Crippen LogP contribution in [0.4, 0.5) is 0 Å². The van der Waals surface area contributed by atoms with Crippen LogP contribution < -0.4 is 5.32 Å². The number of carbonyl (C=O) groups excluding carboxylic acids is 1. The molecule has 2 aromatic rings. The summed E-state index contributed by atoms with van der Waals surface area (Å²) >= 11 is 1.56. The lowest BCUT2D eigenvalue weighted by Gasteiger charge is -2.38. The van der Waals surface area contributed by atoms with Crippen LogP contribution in [0, 0.1) is 0 Å². The lowest BCUT2D eigenvalue weighted by molar-refractivity contribution is -0.0296. The number of likely N-dealkylation sites (tertiary alicyclic amines) is 1. The van der Waals surface area contributed by atoms with E-state index in [1.807, 2.05) is 17.5 Å². The van der Waals surface area contributed by atoms with Crippen molar-refractivity contribution in [3.8, 4) is 10.6 Å². The first-order valence-corrected chi connectivity index (χ1v) is 9.18. The molecule has 1 amide bonds. The maximum atomic E-state index is 12.0. The number of amides is 1. The number of aromatic nitrogens is 1. The van der Waals surface area contributed by atoms with E-state index in [0.717, 1.165) is 43.8 Å². The summed E-state index contributed by atoms with van der Waals surface area (Å²) in [5, 5.41) is 8.71. The van der Waals surface area contributed by atoms with Crippen LogP contribution in [-0.2, 0) is 4.74 Å². The third-order valence-electron chi connectivity index (χ3n) is 4.20. The minimum absolute atomic E-state index is 0.174. The van der Waals surface area contributed by atoms with Crippen LogP contribution in [0.15, 0.2) is 28.1 Å². The molecule has 0 spiro atoms. The van der Waals surface area contributed by atoms with Gasteiger partial charge in [0.25, 0.3) is 5.91 Å². The summed E-state index contributed by atoms with van der Waals surface area (Å²) in [4.78, 5) is 15.4. The van der Waals surface area contributed by atoms with E-state index in [9.17, 15) is 4.79 Å². The molecule has 3 rings (SSSR count). The van der Waals surface area contributed by atoms with Crippen molar-refractivity contribution in [2.75, 3.05) is 33.3 Å². The Balaban J connectivity index is 1.29. The summed E-state index contributed by atoms with van der Waals surface area (Å²) in [6.07, 6.45) is 3.65. The molecule has 0 bridgehead atoms. The fraction of sp³-hybridized carbons (Fsp3) is 0.529. The number of hydrogen-bond donors (Lipinski definition) is 1. The van der Waals surface area contributed by atoms with Gasteiger partial charge in [-0.05, 0) is 30.8 Å². The third-order valence-corrected chi connectivity index (χ3v) is 5.08. The molecule has 3 heterocycles. The number of thiophene rings is 1. The normalized spacial score (nSPS) is 15.4. The molecule has 0 aromatic carbocycles. The fourth-order valence-electron chi connectivity index (χ4n) is 2.70. The van der Waals surface area contributed by atoms with Gasteiger partial charge < -0.3 is 14.6 Å². The number of nitrogens with one attached hydrogen (secondary N) is 1. The molecule has 2 aromatic heterocycles. The second-order valence-corrected chi connectivity index (χ2v) is 6.94. The highest BCUT2D eigenvalue weighted by Gasteiger charge is 2.25. The Morgan fingerprint density at radius 2 is 2.33 bits per heavy atom. The largest absolute Gasteiger partial charge is 0.379 e. The van der Waals surface area contributed by atoms with Gasteiger partial charge in [-0.25, -0.2) is 0 Å². The van der Waals surface area contributed by atoms with Crippen molar-refractivity contribution in [3.63, 3.8) is 0 Å². The Morgan fingerprint density at radius 1 is 1.46 bits per heavy atom. The van der Waals surface area contributed by atoms with Crippen molar-refractivity contribution >= 4 is 17.2 Å². The van der Waals surface area contributed by atoms with Crippen molar-refractivity contribution in [3.05, 3.63) is 29.3 Å². The quantitative estimate of drug-likeness (QED) is 0.705. The Hall–Kier alpha value is -1.70. The van der Waals surface area contributed by atoms with Crippen LogP contribution in [-0.4, -0.2) is 55.4 Å². The van der Waals surface area contributed by atoms with Crippen LogP contribution in [0.5, 0.6) is 0 Å². The highest BCUT2D eigenvalue weighted by atomic mass is 32.1. The van der Waals surface area contributed by atoms with E-state index >= 15 is 0 Å². The number of carbonyl (C=O) groups is 1. The summed E-state index contributed by atoms with van der Waals surface area (Å²) in [5.74, 6) is 0.464. The van der Waals surface area contributed by atoms with Gasteiger partial charge in [0.1, 0.15) is 0 Å². The van der Waals surface area contributed by atoms with E-state index in [1.165, 1.54) is 0 Å². The van der Waals surface area contributed by atoms with Crippen molar-refractivity contribution in [2.45, 2.75) is 25.4 Å². The zero-order chi connectivity index (χ0) is 16.8. The second kappa shape index (κ2) is 8.41. The molecular weight excluding hydrogens is 326 g/mol.